The Kier molecular flexibility index (Phi) is 6.02. The van der Waals surface area contributed by atoms with Gasteiger partial charge in [0.1, 0.15) is 5.56 Å². The molecule has 0 saturated carbocycles. The summed E-state index contributed by atoms with van der Waals surface area (Å²) in [5.41, 5.74) is 6.66. The molecule has 1 heterocycles. The lowest BCUT2D eigenvalue weighted by atomic mass is 10.0. The average molecular weight is 389 g/mol. The first-order valence-corrected chi connectivity index (χ1v) is 9.92. The second-order valence-corrected chi connectivity index (χ2v) is 7.73. The molecule has 1 N–H and O–H groups in total. The van der Waals surface area contributed by atoms with Gasteiger partial charge in [0.05, 0.1) is 0 Å². The van der Waals surface area contributed by atoms with E-state index in [-0.39, 0.29) is 16.9 Å². The van der Waals surface area contributed by atoms with Crippen molar-refractivity contribution in [2.45, 2.75) is 47.6 Å². The summed E-state index contributed by atoms with van der Waals surface area (Å²) < 4.78 is 2.05. The number of aryl methyl sites for hydroxylation is 5. The molecule has 0 atom stereocenters. The first kappa shape index (κ1) is 20.6. The van der Waals surface area contributed by atoms with E-state index < -0.39 is 0 Å². The predicted molar refractivity (Wildman–Crippen MR) is 119 cm³/mol. The van der Waals surface area contributed by atoms with Crippen molar-refractivity contribution in [1.29, 1.82) is 0 Å². The number of hydrogen-bond donors (Lipinski definition) is 1. The number of amides is 1. The number of nitrogens with one attached hydrogen (secondary N) is 1. The summed E-state index contributed by atoms with van der Waals surface area (Å²) in [5.74, 6) is -0.351. The summed E-state index contributed by atoms with van der Waals surface area (Å²) in [5, 5.41) is 2.97. The molecule has 3 rings (SSSR count). The van der Waals surface area contributed by atoms with Crippen LogP contribution >= 0.6 is 0 Å². The number of carbonyl (C=O) groups is 1. The molecule has 0 aliphatic rings. The van der Waals surface area contributed by atoms with Crippen molar-refractivity contribution in [2.75, 3.05) is 5.32 Å². The second-order valence-electron chi connectivity index (χ2n) is 7.73. The first-order valence-electron chi connectivity index (χ1n) is 9.92. The molecule has 1 amide bonds. The van der Waals surface area contributed by atoms with E-state index >= 15 is 0 Å². The fourth-order valence-electron chi connectivity index (χ4n) is 3.98. The van der Waals surface area contributed by atoms with Crippen LogP contribution in [0.3, 0.4) is 0 Å². The largest absolute Gasteiger partial charge is 0.348 e. The van der Waals surface area contributed by atoms with Gasteiger partial charge >= 0.3 is 0 Å². The molecule has 4 nitrogen and oxygen atoms in total. The number of hydrogen-bond acceptors (Lipinski definition) is 2. The molecule has 4 heteroatoms. The van der Waals surface area contributed by atoms with Crippen LogP contribution in [0.2, 0.25) is 0 Å². The summed E-state index contributed by atoms with van der Waals surface area (Å²) in [6, 6.07) is 15.8. The molecule has 0 unspecified atom stereocenters. The molecule has 29 heavy (non-hydrogen) atoms. The Labute approximate surface area is 172 Å². The molecular weight excluding hydrogens is 360 g/mol. The van der Waals surface area contributed by atoms with Crippen LogP contribution in [0, 0.1) is 34.6 Å². The number of pyridine rings is 1. The van der Waals surface area contributed by atoms with Crippen LogP contribution in [0.4, 0.5) is 5.69 Å². The highest BCUT2D eigenvalue weighted by molar-refractivity contribution is 6.05. The van der Waals surface area contributed by atoms with E-state index in [1.54, 1.807) is 6.07 Å². The number of aromatic nitrogens is 1. The minimum absolute atomic E-state index is 0.211. The molecule has 2 aromatic carbocycles. The van der Waals surface area contributed by atoms with Gasteiger partial charge in [-0.15, -0.1) is 0 Å². The number of rotatable bonds is 5. The van der Waals surface area contributed by atoms with E-state index in [0.717, 1.165) is 34.5 Å². The molecule has 0 bridgehead atoms. The smallest absolute Gasteiger partial charge is 0.261 e. The Hall–Kier alpha value is -3.14. The maximum atomic E-state index is 13.1. The van der Waals surface area contributed by atoms with Crippen molar-refractivity contribution >= 4 is 11.6 Å². The Morgan fingerprint density at radius 2 is 1.55 bits per heavy atom. The van der Waals surface area contributed by atoms with E-state index in [0.29, 0.717) is 12.2 Å². The van der Waals surface area contributed by atoms with Gasteiger partial charge in [-0.2, -0.15) is 0 Å². The van der Waals surface area contributed by atoms with Crippen LogP contribution in [0.15, 0.2) is 53.3 Å². The van der Waals surface area contributed by atoms with Crippen molar-refractivity contribution in [3.8, 4) is 0 Å². The molecule has 0 spiro atoms. The zero-order chi connectivity index (χ0) is 21.1. The van der Waals surface area contributed by atoms with Gasteiger partial charge in [0.25, 0.3) is 5.91 Å². The Balaban J connectivity index is 1.93. The third kappa shape index (κ3) is 4.48. The predicted octanol–water partition coefficient (Wildman–Crippen LogP) is 4.89. The molecular formula is C25H28N2O2. The first-order chi connectivity index (χ1) is 13.8. The zero-order valence-corrected chi connectivity index (χ0v) is 17.8. The van der Waals surface area contributed by atoms with Gasteiger partial charge in [0.2, 0.25) is 0 Å². The third-order valence-electron chi connectivity index (χ3n) is 5.39. The summed E-state index contributed by atoms with van der Waals surface area (Å²) in [4.78, 5) is 25.7. The number of anilines is 1. The van der Waals surface area contributed by atoms with Crippen LogP contribution in [-0.2, 0) is 13.0 Å². The van der Waals surface area contributed by atoms with E-state index in [9.17, 15) is 9.59 Å². The molecule has 150 valence electrons. The van der Waals surface area contributed by atoms with E-state index in [2.05, 4.69) is 22.0 Å². The Morgan fingerprint density at radius 3 is 2.17 bits per heavy atom. The van der Waals surface area contributed by atoms with E-state index in [1.165, 1.54) is 5.56 Å². The highest BCUT2D eigenvalue weighted by Gasteiger charge is 2.19. The van der Waals surface area contributed by atoms with Crippen LogP contribution in [0.5, 0.6) is 0 Å². The van der Waals surface area contributed by atoms with Gasteiger partial charge < -0.3 is 9.88 Å². The molecule has 0 aliphatic carbocycles. The van der Waals surface area contributed by atoms with Gasteiger partial charge in [-0.3, -0.25) is 9.59 Å². The van der Waals surface area contributed by atoms with Crippen molar-refractivity contribution in [1.82, 2.24) is 4.57 Å². The number of nitrogens with zero attached hydrogens (tertiary/aromatic N) is 1. The Bertz CT molecular complexity index is 1090. The normalized spacial score (nSPS) is 10.8. The van der Waals surface area contributed by atoms with Crippen LogP contribution in [0.25, 0.3) is 0 Å². The number of carbonyl (C=O) groups excluding carboxylic acids is 1. The fraction of sp³-hybridized carbons (Fsp3) is 0.280. The summed E-state index contributed by atoms with van der Waals surface area (Å²) in [6.07, 6.45) is 0.836. The maximum absolute atomic E-state index is 13.1. The van der Waals surface area contributed by atoms with E-state index in [4.69, 9.17) is 0 Å². The van der Waals surface area contributed by atoms with Gasteiger partial charge in [-0.25, -0.2) is 0 Å². The van der Waals surface area contributed by atoms with Gasteiger partial charge in [0.15, 0.2) is 5.43 Å². The van der Waals surface area contributed by atoms with Crippen molar-refractivity contribution < 1.29 is 4.79 Å². The molecule has 1 aromatic heterocycles. The average Bonchev–Trinajstić information content (AvgIpc) is 2.65. The Morgan fingerprint density at radius 1 is 0.931 bits per heavy atom. The van der Waals surface area contributed by atoms with Crippen LogP contribution in [0.1, 0.15) is 44.0 Å². The van der Waals surface area contributed by atoms with Gasteiger partial charge in [0, 0.05) is 29.7 Å². The van der Waals surface area contributed by atoms with Gasteiger partial charge in [-0.05, 0) is 57.7 Å². The van der Waals surface area contributed by atoms with Crippen molar-refractivity contribution in [2.24, 2.45) is 0 Å². The molecule has 0 aliphatic heterocycles. The molecule has 0 radical (unpaired) electrons. The highest BCUT2D eigenvalue weighted by atomic mass is 16.2. The quantitative estimate of drug-likeness (QED) is 0.677. The monoisotopic (exact) mass is 388 g/mol. The summed E-state index contributed by atoms with van der Waals surface area (Å²) >= 11 is 0. The molecule has 0 fully saturated rings. The summed E-state index contributed by atoms with van der Waals surface area (Å²) in [7, 11) is 0. The van der Waals surface area contributed by atoms with Crippen LogP contribution in [-0.4, -0.2) is 10.5 Å². The topological polar surface area (TPSA) is 51.1 Å². The number of benzene rings is 2. The SMILES string of the molecule is Cc1cc(C)c(NC(=O)c2c(C)n(CCc3ccccc3)c(C)cc2=O)c(C)c1. The van der Waals surface area contributed by atoms with E-state index in [1.807, 2.05) is 65.0 Å². The van der Waals surface area contributed by atoms with Crippen molar-refractivity contribution in [3.63, 3.8) is 0 Å². The minimum Gasteiger partial charge on any atom is -0.348 e. The summed E-state index contributed by atoms with van der Waals surface area (Å²) in [6.45, 7) is 10.4. The van der Waals surface area contributed by atoms with Crippen molar-refractivity contribution in [3.05, 3.63) is 98.0 Å². The highest BCUT2D eigenvalue weighted by Crippen LogP contribution is 2.23. The molecule has 3 aromatic rings. The van der Waals surface area contributed by atoms with Crippen LogP contribution < -0.4 is 10.7 Å². The minimum atomic E-state index is -0.351. The molecule has 0 saturated heterocycles. The van der Waals surface area contributed by atoms with Gasteiger partial charge in [-0.1, -0.05) is 48.0 Å². The lowest BCUT2D eigenvalue weighted by molar-refractivity contribution is 0.102. The lowest BCUT2D eigenvalue weighted by Gasteiger charge is -2.18. The standard InChI is InChI=1S/C25H28N2O2/c1-16-13-17(2)24(18(3)14-16)26-25(29)23-20(5)27(19(4)15-22(23)28)12-11-21-9-7-6-8-10-21/h6-10,13-15H,11-12H2,1-5H3,(H,26,29). The third-order valence-corrected chi connectivity index (χ3v) is 5.39. The second kappa shape index (κ2) is 8.48. The maximum Gasteiger partial charge on any atom is 0.261 e. The lowest BCUT2D eigenvalue weighted by Crippen LogP contribution is -2.27. The fourth-order valence-corrected chi connectivity index (χ4v) is 3.98. The zero-order valence-electron chi connectivity index (χ0n) is 17.8.